The Balaban J connectivity index is 2.77. The van der Waals surface area contributed by atoms with E-state index in [-0.39, 0.29) is 16.9 Å². The molecule has 0 saturated heterocycles. The molecule has 5 heteroatoms. The van der Waals surface area contributed by atoms with Crippen molar-refractivity contribution in [2.75, 3.05) is 0 Å². The van der Waals surface area contributed by atoms with Crippen LogP contribution in [0, 0.1) is 0 Å². The maximum absolute atomic E-state index is 12.6. The number of ketones is 1. The van der Waals surface area contributed by atoms with Crippen molar-refractivity contribution in [3.63, 3.8) is 0 Å². The van der Waals surface area contributed by atoms with Gasteiger partial charge in [0.1, 0.15) is 0 Å². The number of hydrogen-bond donors (Lipinski definition) is 1. The number of carbonyl (C=O) groups is 1. The summed E-state index contributed by atoms with van der Waals surface area (Å²) < 4.78 is 37.9. The monoisotopic (exact) mass is 227 g/mol. The molecule has 2 nitrogen and oxygen atoms in total. The summed E-state index contributed by atoms with van der Waals surface area (Å²) in [5.74, 6) is -0.259. The van der Waals surface area contributed by atoms with Gasteiger partial charge in [0.2, 0.25) is 0 Å². The number of H-pyrrole nitrogens is 1. The Labute approximate surface area is 89.1 Å². The zero-order valence-corrected chi connectivity index (χ0v) is 8.35. The molecule has 1 N–H and O–H groups in total. The fourth-order valence-electron chi connectivity index (χ4n) is 1.68. The zero-order valence-electron chi connectivity index (χ0n) is 8.35. The number of Topliss-reactive ketones (excluding diaryl/α,β-unsaturated/α-hetero) is 1. The number of hydrogen-bond acceptors (Lipinski definition) is 1. The topological polar surface area (TPSA) is 32.9 Å². The van der Waals surface area contributed by atoms with Gasteiger partial charge in [-0.1, -0.05) is 12.1 Å². The highest BCUT2D eigenvalue weighted by atomic mass is 19.4. The quantitative estimate of drug-likeness (QED) is 0.744. The van der Waals surface area contributed by atoms with Crippen LogP contribution in [0.5, 0.6) is 0 Å². The third kappa shape index (κ3) is 1.58. The van der Waals surface area contributed by atoms with Gasteiger partial charge < -0.3 is 4.98 Å². The van der Waals surface area contributed by atoms with Gasteiger partial charge in [-0.3, -0.25) is 4.79 Å². The van der Waals surface area contributed by atoms with E-state index in [2.05, 4.69) is 4.98 Å². The number of halogens is 3. The molecule has 0 aliphatic heterocycles. The number of aromatic nitrogens is 1. The molecular formula is C11H8F3NO. The summed E-state index contributed by atoms with van der Waals surface area (Å²) in [4.78, 5) is 13.7. The SMILES string of the molecule is CC(=O)c1c[nH]c2c(C(F)(F)F)cccc12. The molecule has 0 aliphatic rings. The molecule has 0 amide bonds. The zero-order chi connectivity index (χ0) is 11.9. The van der Waals surface area contributed by atoms with Gasteiger partial charge in [0, 0.05) is 17.1 Å². The van der Waals surface area contributed by atoms with Crippen molar-refractivity contribution in [1.29, 1.82) is 0 Å². The van der Waals surface area contributed by atoms with Gasteiger partial charge >= 0.3 is 6.18 Å². The molecule has 0 fully saturated rings. The molecule has 84 valence electrons. The lowest BCUT2D eigenvalue weighted by molar-refractivity contribution is -0.136. The molecule has 0 saturated carbocycles. The molecule has 0 spiro atoms. The van der Waals surface area contributed by atoms with Crippen molar-refractivity contribution in [2.24, 2.45) is 0 Å². The Morgan fingerprint density at radius 3 is 2.56 bits per heavy atom. The maximum Gasteiger partial charge on any atom is 0.418 e. The van der Waals surface area contributed by atoms with E-state index >= 15 is 0 Å². The maximum atomic E-state index is 12.6. The van der Waals surface area contributed by atoms with Crippen LogP contribution in [0.3, 0.4) is 0 Å². The van der Waals surface area contributed by atoms with E-state index in [1.54, 1.807) is 0 Å². The van der Waals surface area contributed by atoms with Gasteiger partial charge in [0.15, 0.2) is 5.78 Å². The highest BCUT2D eigenvalue weighted by Crippen LogP contribution is 2.35. The lowest BCUT2D eigenvalue weighted by atomic mass is 10.1. The third-order valence-electron chi connectivity index (χ3n) is 2.40. The van der Waals surface area contributed by atoms with Gasteiger partial charge in [-0.2, -0.15) is 13.2 Å². The number of aromatic amines is 1. The Morgan fingerprint density at radius 1 is 1.31 bits per heavy atom. The first-order valence-corrected chi connectivity index (χ1v) is 4.59. The van der Waals surface area contributed by atoms with Gasteiger partial charge in [-0.05, 0) is 13.0 Å². The average Bonchev–Trinajstić information content (AvgIpc) is 2.58. The largest absolute Gasteiger partial charge is 0.418 e. The summed E-state index contributed by atoms with van der Waals surface area (Å²) in [6.07, 6.45) is -3.11. The lowest BCUT2D eigenvalue weighted by Crippen LogP contribution is -2.05. The highest BCUT2D eigenvalue weighted by Gasteiger charge is 2.33. The van der Waals surface area contributed by atoms with E-state index in [9.17, 15) is 18.0 Å². The molecule has 16 heavy (non-hydrogen) atoms. The molecule has 0 bridgehead atoms. The van der Waals surface area contributed by atoms with Crippen LogP contribution in [0.15, 0.2) is 24.4 Å². The summed E-state index contributed by atoms with van der Waals surface area (Å²) in [5.41, 5.74) is -0.515. The molecule has 0 atom stereocenters. The van der Waals surface area contributed by atoms with E-state index in [1.165, 1.54) is 25.3 Å². The van der Waals surface area contributed by atoms with Crippen LogP contribution in [0.4, 0.5) is 13.2 Å². The van der Waals surface area contributed by atoms with Crippen LogP contribution in [-0.4, -0.2) is 10.8 Å². The smallest absolute Gasteiger partial charge is 0.360 e. The first kappa shape index (κ1) is 10.7. The molecule has 1 aromatic heterocycles. The van der Waals surface area contributed by atoms with Gasteiger partial charge in [-0.15, -0.1) is 0 Å². The van der Waals surface area contributed by atoms with Crippen molar-refractivity contribution in [3.05, 3.63) is 35.5 Å². The Morgan fingerprint density at radius 2 is 2.00 bits per heavy atom. The van der Waals surface area contributed by atoms with Gasteiger partial charge in [0.05, 0.1) is 11.1 Å². The second-order valence-corrected chi connectivity index (χ2v) is 3.48. The summed E-state index contributed by atoms with van der Waals surface area (Å²) in [5, 5.41) is 0.308. The van der Waals surface area contributed by atoms with Crippen LogP contribution in [-0.2, 0) is 6.18 Å². The van der Waals surface area contributed by atoms with Crippen molar-refractivity contribution in [2.45, 2.75) is 13.1 Å². The molecule has 2 rings (SSSR count). The number of alkyl halides is 3. The van der Waals surface area contributed by atoms with E-state index in [1.807, 2.05) is 0 Å². The van der Waals surface area contributed by atoms with E-state index in [4.69, 9.17) is 0 Å². The summed E-state index contributed by atoms with van der Waals surface area (Å²) in [7, 11) is 0. The van der Waals surface area contributed by atoms with Crippen LogP contribution in [0.25, 0.3) is 10.9 Å². The fraction of sp³-hybridized carbons (Fsp3) is 0.182. The van der Waals surface area contributed by atoms with Gasteiger partial charge in [-0.25, -0.2) is 0 Å². The van der Waals surface area contributed by atoms with Crippen molar-refractivity contribution >= 4 is 16.7 Å². The second kappa shape index (κ2) is 3.37. The van der Waals surface area contributed by atoms with Crippen molar-refractivity contribution in [1.82, 2.24) is 4.98 Å². The first-order valence-electron chi connectivity index (χ1n) is 4.59. The second-order valence-electron chi connectivity index (χ2n) is 3.48. The van der Waals surface area contributed by atoms with Crippen LogP contribution in [0.1, 0.15) is 22.8 Å². The normalized spacial score (nSPS) is 12.0. The summed E-state index contributed by atoms with van der Waals surface area (Å²) >= 11 is 0. The first-order chi connectivity index (χ1) is 7.41. The summed E-state index contributed by atoms with van der Waals surface area (Å²) in [6, 6.07) is 3.78. The molecule has 0 unspecified atom stereocenters. The van der Waals surface area contributed by atoms with Gasteiger partial charge in [0.25, 0.3) is 0 Å². The molecule has 0 radical (unpaired) electrons. The van der Waals surface area contributed by atoms with Crippen LogP contribution < -0.4 is 0 Å². The minimum absolute atomic E-state index is 0.0415. The van der Waals surface area contributed by atoms with E-state index < -0.39 is 11.7 Å². The molecule has 2 aromatic rings. The minimum atomic E-state index is -4.42. The Bertz CT molecular complexity index is 554. The molecule has 1 heterocycles. The predicted octanol–water partition coefficient (Wildman–Crippen LogP) is 3.39. The number of nitrogens with one attached hydrogen (secondary N) is 1. The highest BCUT2D eigenvalue weighted by molar-refractivity contribution is 6.07. The van der Waals surface area contributed by atoms with Crippen LogP contribution in [0.2, 0.25) is 0 Å². The minimum Gasteiger partial charge on any atom is -0.360 e. The number of benzene rings is 1. The van der Waals surface area contributed by atoms with E-state index in [0.717, 1.165) is 6.07 Å². The van der Waals surface area contributed by atoms with Crippen LogP contribution >= 0.6 is 0 Å². The summed E-state index contributed by atoms with van der Waals surface area (Å²) in [6.45, 7) is 1.32. The Kier molecular flexibility index (Phi) is 2.26. The Hall–Kier alpha value is -1.78. The number of carbonyl (C=O) groups excluding carboxylic acids is 1. The molecule has 1 aromatic carbocycles. The number of para-hydroxylation sites is 1. The standard InChI is InChI=1S/C11H8F3NO/c1-6(16)8-5-15-10-7(8)3-2-4-9(10)11(12,13)14/h2-5,15H,1H3. The van der Waals surface area contributed by atoms with E-state index in [0.29, 0.717) is 5.39 Å². The number of rotatable bonds is 1. The average molecular weight is 227 g/mol. The lowest BCUT2D eigenvalue weighted by Gasteiger charge is -2.07. The van der Waals surface area contributed by atoms with Crippen molar-refractivity contribution < 1.29 is 18.0 Å². The fourth-order valence-corrected chi connectivity index (χ4v) is 1.68. The molecule has 0 aliphatic carbocycles. The molecular weight excluding hydrogens is 219 g/mol. The number of fused-ring (bicyclic) bond motifs is 1. The van der Waals surface area contributed by atoms with Crippen molar-refractivity contribution in [3.8, 4) is 0 Å². The predicted molar refractivity (Wildman–Crippen MR) is 53.3 cm³/mol. The third-order valence-corrected chi connectivity index (χ3v) is 2.40.